The Morgan fingerprint density at radius 2 is 1.78 bits per heavy atom. The second-order valence-corrected chi connectivity index (χ2v) is 15.9. The second kappa shape index (κ2) is 13.9. The highest BCUT2D eigenvalue weighted by molar-refractivity contribution is 6.74. The van der Waals surface area contributed by atoms with Crippen molar-refractivity contribution in [2.75, 3.05) is 26.9 Å². The number of carbonyl (C=O) groups is 1. The molecule has 1 aliphatic rings. The summed E-state index contributed by atoms with van der Waals surface area (Å²) < 4.78 is 35.2. The van der Waals surface area contributed by atoms with Gasteiger partial charge >= 0.3 is 5.97 Å². The van der Waals surface area contributed by atoms with Crippen LogP contribution in [0.3, 0.4) is 0 Å². The minimum Gasteiger partial charge on any atom is -0.497 e. The number of rotatable bonds is 15. The number of esters is 1. The molecule has 0 bridgehead atoms. The maximum Gasteiger partial charge on any atom is 0.311 e. The molecule has 1 aliphatic heterocycles. The highest BCUT2D eigenvalue weighted by atomic mass is 28.4. The van der Waals surface area contributed by atoms with Crippen molar-refractivity contribution in [2.24, 2.45) is 0 Å². The fraction of sp³-hybridized carbons (Fsp3) is 0.750. The van der Waals surface area contributed by atoms with E-state index >= 15 is 0 Å². The molecule has 2 atom stereocenters. The molecule has 0 aliphatic carbocycles. The van der Waals surface area contributed by atoms with Crippen LogP contribution in [-0.4, -0.2) is 59.2 Å². The van der Waals surface area contributed by atoms with Crippen LogP contribution in [-0.2, 0) is 34.8 Å². The SMILES string of the molecule is CCOC(=O)CC1(CCC[C@H](C[C@@H](C)O[Si](C)(C)C(C)(C)C)OCc2ccc(OC)cc2)OCCO1. The molecule has 1 heterocycles. The fourth-order valence-electron chi connectivity index (χ4n) is 4.17. The van der Waals surface area contributed by atoms with Gasteiger partial charge in [-0.1, -0.05) is 32.9 Å². The van der Waals surface area contributed by atoms with E-state index in [9.17, 15) is 4.79 Å². The monoisotopic (exact) mass is 524 g/mol. The van der Waals surface area contributed by atoms with Crippen LogP contribution >= 0.6 is 0 Å². The Hall–Kier alpha value is -1.45. The molecule has 7 nitrogen and oxygen atoms in total. The third-order valence-electron chi connectivity index (χ3n) is 7.16. The van der Waals surface area contributed by atoms with Crippen molar-refractivity contribution in [1.29, 1.82) is 0 Å². The van der Waals surface area contributed by atoms with E-state index in [1.165, 1.54) is 0 Å². The largest absolute Gasteiger partial charge is 0.497 e. The van der Waals surface area contributed by atoms with Gasteiger partial charge in [-0.05, 0) is 68.9 Å². The fourth-order valence-corrected chi connectivity index (χ4v) is 5.62. The number of carbonyl (C=O) groups excluding carboxylic acids is 1. The standard InChI is InChI=1S/C28H48O7Si/c1-9-31-26(29)20-28(33-17-18-34-28)16-10-11-25(19-22(2)35-36(7,8)27(3,4)5)32-21-23-12-14-24(30-6)15-13-23/h12-15,22,25H,9-11,16-21H2,1-8H3/t22-,25-/m1/s1. The van der Waals surface area contributed by atoms with Gasteiger partial charge in [0, 0.05) is 12.5 Å². The molecular weight excluding hydrogens is 476 g/mol. The van der Waals surface area contributed by atoms with Gasteiger partial charge in [0.05, 0.1) is 46.1 Å². The summed E-state index contributed by atoms with van der Waals surface area (Å²) in [7, 11) is -0.219. The zero-order valence-corrected chi connectivity index (χ0v) is 24.7. The Morgan fingerprint density at radius 1 is 1.14 bits per heavy atom. The summed E-state index contributed by atoms with van der Waals surface area (Å²) in [5.41, 5.74) is 1.10. The van der Waals surface area contributed by atoms with Gasteiger partial charge in [0.25, 0.3) is 0 Å². The molecule has 0 spiro atoms. The van der Waals surface area contributed by atoms with Crippen molar-refractivity contribution < 1.29 is 32.9 Å². The Morgan fingerprint density at radius 3 is 2.33 bits per heavy atom. The first-order valence-corrected chi connectivity index (χ1v) is 16.2. The van der Waals surface area contributed by atoms with Crippen molar-refractivity contribution in [2.45, 2.75) is 109 Å². The molecule has 206 valence electrons. The van der Waals surface area contributed by atoms with Crippen LogP contribution < -0.4 is 4.74 Å². The molecule has 0 N–H and O–H groups in total. The molecule has 1 saturated heterocycles. The van der Waals surface area contributed by atoms with Gasteiger partial charge in [0.1, 0.15) is 5.75 Å². The van der Waals surface area contributed by atoms with Gasteiger partial charge < -0.3 is 28.1 Å². The summed E-state index contributed by atoms with van der Waals surface area (Å²) in [5, 5.41) is 0.150. The van der Waals surface area contributed by atoms with Crippen molar-refractivity contribution in [3.63, 3.8) is 0 Å². The molecule has 0 aromatic heterocycles. The van der Waals surface area contributed by atoms with Crippen molar-refractivity contribution >= 4 is 14.3 Å². The molecule has 0 radical (unpaired) electrons. The van der Waals surface area contributed by atoms with Gasteiger partial charge in [0.2, 0.25) is 0 Å². The topological polar surface area (TPSA) is 72.5 Å². The van der Waals surface area contributed by atoms with E-state index < -0.39 is 14.1 Å². The predicted octanol–water partition coefficient (Wildman–Crippen LogP) is 6.25. The van der Waals surface area contributed by atoms with E-state index in [1.54, 1.807) is 14.0 Å². The summed E-state index contributed by atoms with van der Waals surface area (Å²) in [6.07, 6.45) is 3.24. The Labute approximate surface area is 219 Å². The zero-order valence-electron chi connectivity index (χ0n) is 23.7. The first-order chi connectivity index (χ1) is 16.9. The average Bonchev–Trinajstić information content (AvgIpc) is 3.24. The third kappa shape index (κ3) is 9.78. The predicted molar refractivity (Wildman–Crippen MR) is 144 cm³/mol. The molecule has 0 amide bonds. The van der Waals surface area contributed by atoms with Crippen LogP contribution in [0.1, 0.15) is 72.3 Å². The molecule has 2 rings (SSSR count). The lowest BCUT2D eigenvalue weighted by Gasteiger charge is -2.39. The zero-order chi connectivity index (χ0) is 26.8. The molecule has 1 aromatic rings. The maximum absolute atomic E-state index is 12.1. The first-order valence-electron chi connectivity index (χ1n) is 13.3. The number of hydrogen-bond donors (Lipinski definition) is 0. The van der Waals surface area contributed by atoms with Gasteiger partial charge in [0.15, 0.2) is 14.1 Å². The molecule has 36 heavy (non-hydrogen) atoms. The molecule has 0 unspecified atom stereocenters. The van der Waals surface area contributed by atoms with E-state index in [1.807, 2.05) is 24.3 Å². The molecule has 1 fully saturated rings. The minimum absolute atomic E-state index is 0.00733. The summed E-state index contributed by atoms with van der Waals surface area (Å²) in [5.74, 6) is -0.353. The number of hydrogen-bond acceptors (Lipinski definition) is 7. The van der Waals surface area contributed by atoms with E-state index in [2.05, 4.69) is 40.8 Å². The van der Waals surface area contributed by atoms with Crippen LogP contribution in [0.5, 0.6) is 5.75 Å². The minimum atomic E-state index is -1.88. The Balaban J connectivity index is 2.01. The Kier molecular flexibility index (Phi) is 11.9. The summed E-state index contributed by atoms with van der Waals surface area (Å²) in [4.78, 5) is 12.1. The Bertz CT molecular complexity index is 782. The van der Waals surface area contributed by atoms with E-state index in [0.717, 1.165) is 30.6 Å². The number of ether oxygens (including phenoxy) is 5. The maximum atomic E-state index is 12.1. The van der Waals surface area contributed by atoms with E-state index in [4.69, 9.17) is 28.1 Å². The van der Waals surface area contributed by atoms with Crippen LogP contribution in [0.25, 0.3) is 0 Å². The third-order valence-corrected chi connectivity index (χ3v) is 11.8. The smallest absolute Gasteiger partial charge is 0.311 e. The highest BCUT2D eigenvalue weighted by Gasteiger charge is 2.40. The van der Waals surface area contributed by atoms with Crippen LogP contribution in [0, 0.1) is 0 Å². The second-order valence-electron chi connectivity index (χ2n) is 11.2. The van der Waals surface area contributed by atoms with E-state index in [-0.39, 0.29) is 29.6 Å². The normalized spacial score (nSPS) is 17.6. The molecule has 0 saturated carbocycles. The van der Waals surface area contributed by atoms with Crippen molar-refractivity contribution in [3.05, 3.63) is 29.8 Å². The quantitative estimate of drug-likeness (QED) is 0.198. The first kappa shape index (κ1) is 30.8. The molecule has 8 heteroatoms. The summed E-state index contributed by atoms with van der Waals surface area (Å²) in [6, 6.07) is 7.95. The highest BCUT2D eigenvalue weighted by Crippen LogP contribution is 2.38. The van der Waals surface area contributed by atoms with Gasteiger partial charge in [-0.2, -0.15) is 0 Å². The van der Waals surface area contributed by atoms with Gasteiger partial charge in [-0.25, -0.2) is 0 Å². The number of benzene rings is 1. The average molecular weight is 525 g/mol. The van der Waals surface area contributed by atoms with Gasteiger partial charge in [-0.3, -0.25) is 4.79 Å². The van der Waals surface area contributed by atoms with Crippen LogP contribution in [0.15, 0.2) is 24.3 Å². The molecular formula is C28H48O7Si. The lowest BCUT2D eigenvalue weighted by molar-refractivity contribution is -0.186. The lowest BCUT2D eigenvalue weighted by Crippen LogP contribution is -2.44. The van der Waals surface area contributed by atoms with Crippen molar-refractivity contribution in [3.8, 4) is 5.75 Å². The summed E-state index contributed by atoms with van der Waals surface area (Å²) in [6.45, 7) is 17.1. The van der Waals surface area contributed by atoms with E-state index in [0.29, 0.717) is 32.8 Å². The van der Waals surface area contributed by atoms with Gasteiger partial charge in [-0.15, -0.1) is 0 Å². The summed E-state index contributed by atoms with van der Waals surface area (Å²) >= 11 is 0. The lowest BCUT2D eigenvalue weighted by atomic mass is 10.0. The van der Waals surface area contributed by atoms with Crippen LogP contribution in [0.4, 0.5) is 0 Å². The molecule has 1 aromatic carbocycles. The van der Waals surface area contributed by atoms with Crippen LogP contribution in [0.2, 0.25) is 18.1 Å². The van der Waals surface area contributed by atoms with Crippen molar-refractivity contribution in [1.82, 2.24) is 0 Å². The number of methoxy groups -OCH3 is 1.